The zero-order valence-electron chi connectivity index (χ0n) is 15.0. The summed E-state index contributed by atoms with van der Waals surface area (Å²) in [5.74, 6) is -0.957. The molecule has 0 amide bonds. The number of fused-ring (bicyclic) bond motifs is 1. The van der Waals surface area contributed by atoms with E-state index in [1.54, 1.807) is 13.8 Å². The Labute approximate surface area is 163 Å². The number of aromatic nitrogens is 3. The Hall–Kier alpha value is -2.52. The number of nitrogens with one attached hydrogen (secondary N) is 1. The molecule has 0 aliphatic carbocycles. The number of thiophene rings is 1. The molecule has 3 aromatic heterocycles. The van der Waals surface area contributed by atoms with Crippen LogP contribution in [0.4, 0.5) is 0 Å². The number of nitrogens with zero attached hydrogens (tertiary/aromatic N) is 2. The normalized spacial score (nSPS) is 10.9. The molecular weight excluding hydrogens is 386 g/mol. The lowest BCUT2D eigenvalue weighted by molar-refractivity contribution is -0.139. The van der Waals surface area contributed by atoms with Crippen LogP contribution in [0, 0.1) is 13.8 Å². The van der Waals surface area contributed by atoms with Gasteiger partial charge in [-0.05, 0) is 37.8 Å². The second-order valence-electron chi connectivity index (χ2n) is 5.87. The molecule has 0 radical (unpaired) electrons. The van der Waals surface area contributed by atoms with Crippen LogP contribution in [0.5, 0.6) is 0 Å². The maximum atomic E-state index is 12.3. The monoisotopic (exact) mass is 403 g/mol. The number of carbonyl (C=O) groups is 3. The van der Waals surface area contributed by atoms with Crippen LogP contribution in [0.3, 0.4) is 0 Å². The van der Waals surface area contributed by atoms with Crippen molar-refractivity contribution in [3.05, 3.63) is 40.3 Å². The largest absolute Gasteiger partial charge is 0.457 e. The number of aromatic amines is 1. The van der Waals surface area contributed by atoms with Gasteiger partial charge in [-0.25, -0.2) is 9.97 Å². The Balaban J connectivity index is 1.58. The lowest BCUT2D eigenvalue weighted by Gasteiger charge is -2.05. The third-order valence-corrected chi connectivity index (χ3v) is 5.78. The number of ether oxygens (including phenoxy) is 1. The topological polar surface area (TPSA) is 102 Å². The van der Waals surface area contributed by atoms with Crippen LogP contribution in [-0.4, -0.2) is 44.8 Å². The molecule has 9 heteroatoms. The average molecular weight is 403 g/mol. The van der Waals surface area contributed by atoms with Crippen LogP contribution >= 0.6 is 23.1 Å². The first kappa shape index (κ1) is 19.2. The van der Waals surface area contributed by atoms with Crippen molar-refractivity contribution < 1.29 is 19.1 Å². The van der Waals surface area contributed by atoms with Gasteiger partial charge in [0, 0.05) is 16.6 Å². The zero-order valence-corrected chi connectivity index (χ0v) is 16.6. The number of carbonyl (C=O) groups excluding carboxylic acids is 3. The minimum atomic E-state index is -0.511. The van der Waals surface area contributed by atoms with Gasteiger partial charge in [0.2, 0.25) is 5.78 Å². The van der Waals surface area contributed by atoms with Crippen molar-refractivity contribution in [1.29, 1.82) is 0 Å². The van der Waals surface area contributed by atoms with Crippen molar-refractivity contribution in [2.45, 2.75) is 25.8 Å². The summed E-state index contributed by atoms with van der Waals surface area (Å²) < 4.78 is 5.08. The van der Waals surface area contributed by atoms with E-state index in [-0.39, 0.29) is 23.9 Å². The number of esters is 1. The predicted octanol–water partition coefficient (Wildman–Crippen LogP) is 3.36. The highest BCUT2D eigenvalue weighted by molar-refractivity contribution is 8.00. The standard InChI is InChI=1S/C18H17N3O4S2/c1-9-15(11(3)22)10(2)21-16(9)13(23)6-25-14(24)7-27-18-12-4-5-26-17(12)19-8-20-18/h4-5,8,21H,6-7H2,1-3H3. The van der Waals surface area contributed by atoms with Crippen molar-refractivity contribution in [3.8, 4) is 0 Å². The first-order chi connectivity index (χ1) is 12.9. The van der Waals surface area contributed by atoms with Gasteiger partial charge in [-0.2, -0.15) is 0 Å². The molecule has 7 nitrogen and oxygen atoms in total. The van der Waals surface area contributed by atoms with Crippen molar-refractivity contribution in [2.75, 3.05) is 12.4 Å². The van der Waals surface area contributed by atoms with Gasteiger partial charge in [-0.3, -0.25) is 14.4 Å². The molecule has 0 aliphatic rings. The van der Waals surface area contributed by atoms with E-state index in [0.717, 1.165) is 10.2 Å². The SMILES string of the molecule is CC(=O)c1c(C)[nH]c(C(=O)COC(=O)CSc2ncnc3sccc23)c1C. The highest BCUT2D eigenvalue weighted by atomic mass is 32.2. The van der Waals surface area contributed by atoms with E-state index in [0.29, 0.717) is 27.5 Å². The van der Waals surface area contributed by atoms with Crippen molar-refractivity contribution in [1.82, 2.24) is 15.0 Å². The van der Waals surface area contributed by atoms with Gasteiger partial charge in [0.1, 0.15) is 16.2 Å². The summed E-state index contributed by atoms with van der Waals surface area (Å²) in [4.78, 5) is 48.1. The fraction of sp³-hybridized carbons (Fsp3) is 0.278. The van der Waals surface area contributed by atoms with Crippen molar-refractivity contribution in [3.63, 3.8) is 0 Å². The van der Waals surface area contributed by atoms with E-state index < -0.39 is 5.97 Å². The molecule has 0 aromatic carbocycles. The molecular formula is C18H17N3O4S2. The fourth-order valence-electron chi connectivity index (χ4n) is 2.83. The van der Waals surface area contributed by atoms with Crippen LogP contribution in [0.2, 0.25) is 0 Å². The third kappa shape index (κ3) is 4.09. The summed E-state index contributed by atoms with van der Waals surface area (Å²) >= 11 is 2.74. The maximum absolute atomic E-state index is 12.3. The predicted molar refractivity (Wildman–Crippen MR) is 104 cm³/mol. The van der Waals surface area contributed by atoms with Crippen molar-refractivity contribution >= 4 is 50.9 Å². The van der Waals surface area contributed by atoms with Gasteiger partial charge < -0.3 is 9.72 Å². The fourth-order valence-corrected chi connectivity index (χ4v) is 4.40. The molecule has 0 bridgehead atoms. The Kier molecular flexibility index (Phi) is 5.71. The molecule has 0 aliphatic heterocycles. The van der Waals surface area contributed by atoms with Crippen LogP contribution in [-0.2, 0) is 9.53 Å². The molecule has 0 spiro atoms. The molecule has 3 rings (SSSR count). The van der Waals surface area contributed by atoms with Gasteiger partial charge >= 0.3 is 5.97 Å². The van der Waals surface area contributed by atoms with Crippen LogP contribution in [0.15, 0.2) is 22.8 Å². The molecule has 0 saturated heterocycles. The number of H-pyrrole nitrogens is 1. The summed E-state index contributed by atoms with van der Waals surface area (Å²) in [7, 11) is 0. The molecule has 0 fully saturated rings. The van der Waals surface area contributed by atoms with Gasteiger partial charge in [-0.1, -0.05) is 11.8 Å². The minimum Gasteiger partial charge on any atom is -0.457 e. The number of rotatable bonds is 7. The second-order valence-corrected chi connectivity index (χ2v) is 7.73. The Morgan fingerprint density at radius 1 is 1.26 bits per heavy atom. The molecule has 1 N–H and O–H groups in total. The number of ketones is 2. The molecule has 0 atom stereocenters. The second kappa shape index (κ2) is 8.01. The van der Waals surface area contributed by atoms with E-state index in [1.165, 1.54) is 36.3 Å². The van der Waals surface area contributed by atoms with E-state index >= 15 is 0 Å². The third-order valence-electron chi connectivity index (χ3n) is 3.98. The molecule has 140 valence electrons. The minimum absolute atomic E-state index is 0.0384. The zero-order chi connectivity index (χ0) is 19.6. The van der Waals surface area contributed by atoms with Crippen LogP contribution in [0.1, 0.15) is 39.0 Å². The lowest BCUT2D eigenvalue weighted by atomic mass is 10.1. The number of aryl methyl sites for hydroxylation is 1. The number of Topliss-reactive ketones (excluding diaryl/α,β-unsaturated/α-hetero) is 2. The smallest absolute Gasteiger partial charge is 0.316 e. The highest BCUT2D eigenvalue weighted by Crippen LogP contribution is 2.27. The van der Waals surface area contributed by atoms with E-state index in [9.17, 15) is 14.4 Å². The molecule has 27 heavy (non-hydrogen) atoms. The quantitative estimate of drug-likeness (QED) is 0.279. The average Bonchev–Trinajstić information content (AvgIpc) is 3.22. The number of thioether (sulfide) groups is 1. The molecule has 3 aromatic rings. The van der Waals surface area contributed by atoms with Gasteiger partial charge in [0.15, 0.2) is 12.4 Å². The van der Waals surface area contributed by atoms with Gasteiger partial charge in [-0.15, -0.1) is 11.3 Å². The summed E-state index contributed by atoms with van der Waals surface area (Å²) in [5.41, 5.74) is 2.02. The first-order valence-electron chi connectivity index (χ1n) is 8.08. The number of hydrogen-bond acceptors (Lipinski definition) is 8. The van der Waals surface area contributed by atoms with Crippen LogP contribution < -0.4 is 0 Å². The Morgan fingerprint density at radius 2 is 2.04 bits per heavy atom. The summed E-state index contributed by atoms with van der Waals surface area (Å²) in [6, 6.07) is 1.90. The van der Waals surface area contributed by atoms with Gasteiger partial charge in [0.05, 0.1) is 11.4 Å². The summed E-state index contributed by atoms with van der Waals surface area (Å²) in [6.07, 6.45) is 1.46. The Bertz CT molecular complexity index is 1040. The summed E-state index contributed by atoms with van der Waals surface area (Å²) in [6.45, 7) is 4.50. The Morgan fingerprint density at radius 3 is 2.74 bits per heavy atom. The maximum Gasteiger partial charge on any atom is 0.316 e. The van der Waals surface area contributed by atoms with Crippen molar-refractivity contribution in [2.24, 2.45) is 0 Å². The van der Waals surface area contributed by atoms with Crippen LogP contribution in [0.25, 0.3) is 10.2 Å². The van der Waals surface area contributed by atoms with Gasteiger partial charge in [0.25, 0.3) is 0 Å². The van der Waals surface area contributed by atoms with E-state index in [1.807, 2.05) is 11.4 Å². The van der Waals surface area contributed by atoms with E-state index in [2.05, 4.69) is 15.0 Å². The molecule has 0 unspecified atom stereocenters. The molecule has 0 saturated carbocycles. The summed E-state index contributed by atoms with van der Waals surface area (Å²) in [5, 5.41) is 3.51. The molecule has 3 heterocycles. The highest BCUT2D eigenvalue weighted by Gasteiger charge is 2.21. The first-order valence-corrected chi connectivity index (χ1v) is 9.95. The van der Waals surface area contributed by atoms with E-state index in [4.69, 9.17) is 4.74 Å². The lowest BCUT2D eigenvalue weighted by Crippen LogP contribution is -2.16. The number of hydrogen-bond donors (Lipinski definition) is 1.